The summed E-state index contributed by atoms with van der Waals surface area (Å²) in [5.74, 6) is 0.208. The Morgan fingerprint density at radius 2 is 2.00 bits per heavy atom. The van der Waals surface area contributed by atoms with E-state index in [1.54, 1.807) is 0 Å². The van der Waals surface area contributed by atoms with Gasteiger partial charge in [0.05, 0.1) is 6.04 Å². The Kier molecular flexibility index (Phi) is 2.06. The fourth-order valence-electron chi connectivity index (χ4n) is 3.14. The van der Waals surface area contributed by atoms with Crippen LogP contribution in [0.15, 0.2) is 24.3 Å². The third-order valence-corrected chi connectivity index (χ3v) is 4.26. The average Bonchev–Trinajstić information content (AvgIpc) is 2.31. The van der Waals surface area contributed by atoms with Gasteiger partial charge in [-0.1, -0.05) is 31.2 Å². The topological polar surface area (TPSA) is 29.1 Å². The third kappa shape index (κ3) is 1.36. The fourth-order valence-corrected chi connectivity index (χ4v) is 3.14. The summed E-state index contributed by atoms with van der Waals surface area (Å²) in [7, 11) is 0. The molecule has 16 heavy (non-hydrogen) atoms. The van der Waals surface area contributed by atoms with Crippen LogP contribution in [-0.2, 0) is 11.2 Å². The molecule has 2 atom stereocenters. The van der Waals surface area contributed by atoms with Gasteiger partial charge in [0.2, 0.25) is 5.91 Å². The molecule has 0 bridgehead atoms. The van der Waals surface area contributed by atoms with Crippen molar-refractivity contribution in [1.29, 1.82) is 0 Å². The predicted octanol–water partition coefficient (Wildman–Crippen LogP) is 2.59. The van der Waals surface area contributed by atoms with Crippen LogP contribution in [0.3, 0.4) is 0 Å². The quantitative estimate of drug-likeness (QED) is 0.708. The number of hydrogen-bond donors (Lipinski definition) is 1. The highest BCUT2D eigenvalue weighted by Crippen LogP contribution is 2.48. The van der Waals surface area contributed by atoms with E-state index in [0.717, 1.165) is 12.8 Å². The van der Waals surface area contributed by atoms with E-state index in [-0.39, 0.29) is 17.4 Å². The average molecular weight is 215 g/mol. The molecule has 2 nitrogen and oxygen atoms in total. The van der Waals surface area contributed by atoms with Crippen molar-refractivity contribution in [3.8, 4) is 0 Å². The second-order valence-electron chi connectivity index (χ2n) is 5.35. The molecule has 1 amide bonds. The maximum atomic E-state index is 11.6. The van der Waals surface area contributed by atoms with Crippen LogP contribution < -0.4 is 5.32 Å². The monoisotopic (exact) mass is 215 g/mol. The van der Waals surface area contributed by atoms with Crippen LogP contribution in [0.1, 0.15) is 43.4 Å². The summed E-state index contributed by atoms with van der Waals surface area (Å²) in [4.78, 5) is 11.6. The normalized spacial score (nSPS) is 32.6. The highest BCUT2D eigenvalue weighted by molar-refractivity contribution is 5.77. The van der Waals surface area contributed by atoms with Gasteiger partial charge in [0.15, 0.2) is 0 Å². The van der Waals surface area contributed by atoms with Gasteiger partial charge in [-0.3, -0.25) is 4.79 Å². The van der Waals surface area contributed by atoms with Gasteiger partial charge in [-0.2, -0.15) is 0 Å². The third-order valence-electron chi connectivity index (χ3n) is 4.26. The van der Waals surface area contributed by atoms with E-state index in [0.29, 0.717) is 6.42 Å². The minimum atomic E-state index is 0.208. The van der Waals surface area contributed by atoms with Crippen LogP contribution in [0.2, 0.25) is 0 Å². The molecular weight excluding hydrogens is 198 g/mol. The van der Waals surface area contributed by atoms with E-state index in [1.807, 2.05) is 0 Å². The molecule has 1 aromatic carbocycles. The lowest BCUT2D eigenvalue weighted by atomic mass is 9.65. The summed E-state index contributed by atoms with van der Waals surface area (Å²) in [6.07, 6.45) is 4.06. The number of carbonyl (C=O) groups is 1. The number of aryl methyl sites for hydroxylation is 1. The molecule has 1 aliphatic heterocycles. The molecule has 1 N–H and O–H groups in total. The zero-order chi connectivity index (χ0) is 11.2. The van der Waals surface area contributed by atoms with Gasteiger partial charge in [0, 0.05) is 6.42 Å². The Morgan fingerprint density at radius 1 is 1.25 bits per heavy atom. The zero-order valence-electron chi connectivity index (χ0n) is 9.62. The molecule has 0 aromatic heterocycles. The Morgan fingerprint density at radius 3 is 2.88 bits per heavy atom. The number of carbonyl (C=O) groups excluding carboxylic acids is 1. The molecule has 1 saturated heterocycles. The molecule has 3 rings (SSSR count). The first-order valence-corrected chi connectivity index (χ1v) is 6.06. The smallest absolute Gasteiger partial charge is 0.220 e. The fraction of sp³-hybridized carbons (Fsp3) is 0.500. The summed E-state index contributed by atoms with van der Waals surface area (Å²) >= 11 is 0. The molecule has 1 aromatic rings. The number of rotatable bonds is 0. The van der Waals surface area contributed by atoms with Gasteiger partial charge in [0.1, 0.15) is 0 Å². The second kappa shape index (κ2) is 3.34. The lowest BCUT2D eigenvalue weighted by Crippen LogP contribution is -2.47. The number of benzene rings is 1. The van der Waals surface area contributed by atoms with Crippen molar-refractivity contribution < 1.29 is 4.79 Å². The number of fused-ring (bicyclic) bond motifs is 3. The lowest BCUT2D eigenvalue weighted by molar-refractivity contribution is -0.126. The van der Waals surface area contributed by atoms with Crippen molar-refractivity contribution in [2.45, 2.75) is 38.6 Å². The van der Waals surface area contributed by atoms with E-state index in [2.05, 4.69) is 36.5 Å². The Hall–Kier alpha value is -1.31. The lowest BCUT2D eigenvalue weighted by Gasteiger charge is -2.46. The van der Waals surface area contributed by atoms with Gasteiger partial charge in [-0.25, -0.2) is 0 Å². The van der Waals surface area contributed by atoms with Crippen LogP contribution in [0.25, 0.3) is 0 Å². The first kappa shape index (κ1) is 9.88. The number of nitrogens with one attached hydrogen (secondary N) is 1. The largest absolute Gasteiger partial charge is 0.349 e. The Bertz CT molecular complexity index is 440. The van der Waals surface area contributed by atoms with Crippen molar-refractivity contribution in [3.63, 3.8) is 0 Å². The van der Waals surface area contributed by atoms with E-state index in [9.17, 15) is 4.79 Å². The van der Waals surface area contributed by atoms with E-state index >= 15 is 0 Å². The van der Waals surface area contributed by atoms with Crippen LogP contribution >= 0.6 is 0 Å². The highest BCUT2D eigenvalue weighted by Gasteiger charge is 2.42. The van der Waals surface area contributed by atoms with E-state index < -0.39 is 0 Å². The molecule has 0 spiro atoms. The Balaban J connectivity index is 2.06. The molecule has 2 heteroatoms. The van der Waals surface area contributed by atoms with Crippen molar-refractivity contribution in [3.05, 3.63) is 35.4 Å². The van der Waals surface area contributed by atoms with Crippen molar-refractivity contribution >= 4 is 5.91 Å². The summed E-state index contributed by atoms with van der Waals surface area (Å²) in [6.45, 7) is 2.31. The molecule has 1 fully saturated rings. The maximum absolute atomic E-state index is 11.6. The minimum Gasteiger partial charge on any atom is -0.349 e. The maximum Gasteiger partial charge on any atom is 0.220 e. The number of hydrogen-bond acceptors (Lipinski definition) is 1. The van der Waals surface area contributed by atoms with Crippen molar-refractivity contribution in [2.75, 3.05) is 0 Å². The van der Waals surface area contributed by atoms with Crippen LogP contribution in [0, 0.1) is 5.41 Å². The highest BCUT2D eigenvalue weighted by atomic mass is 16.1. The number of piperidine rings is 1. The van der Waals surface area contributed by atoms with Crippen LogP contribution in [-0.4, -0.2) is 5.91 Å². The molecular formula is C14H17NO. The van der Waals surface area contributed by atoms with Crippen molar-refractivity contribution in [1.82, 2.24) is 5.32 Å². The molecule has 84 valence electrons. The van der Waals surface area contributed by atoms with Crippen LogP contribution in [0.4, 0.5) is 0 Å². The minimum absolute atomic E-state index is 0.208. The number of amides is 1. The zero-order valence-corrected chi connectivity index (χ0v) is 9.62. The van der Waals surface area contributed by atoms with Crippen molar-refractivity contribution in [2.24, 2.45) is 5.41 Å². The standard InChI is InChI=1S/C14H17NO/c1-14-8-6-10-4-2-3-5-11(10)13(14)15-12(16)7-9-14/h2-5,13H,6-9H2,1H3,(H,15,16)/t13-,14-/m1/s1. The van der Waals surface area contributed by atoms with Crippen LogP contribution in [0.5, 0.6) is 0 Å². The summed E-state index contributed by atoms with van der Waals surface area (Å²) in [5, 5.41) is 3.18. The second-order valence-corrected chi connectivity index (χ2v) is 5.35. The Labute approximate surface area is 96.1 Å². The van der Waals surface area contributed by atoms with E-state index in [4.69, 9.17) is 0 Å². The first-order valence-electron chi connectivity index (χ1n) is 6.06. The summed E-state index contributed by atoms with van der Waals surface area (Å²) < 4.78 is 0. The molecule has 0 saturated carbocycles. The first-order chi connectivity index (χ1) is 7.69. The molecule has 1 aliphatic carbocycles. The van der Waals surface area contributed by atoms with E-state index in [1.165, 1.54) is 17.5 Å². The molecule has 2 aliphatic rings. The van der Waals surface area contributed by atoms with Gasteiger partial charge < -0.3 is 5.32 Å². The molecule has 1 heterocycles. The summed E-state index contributed by atoms with van der Waals surface area (Å²) in [6, 6.07) is 8.76. The van der Waals surface area contributed by atoms with Gasteiger partial charge in [0.25, 0.3) is 0 Å². The SMILES string of the molecule is C[C@@]12CCC(=O)N[C@@H]1c1ccccc1CC2. The summed E-state index contributed by atoms with van der Waals surface area (Å²) in [5.41, 5.74) is 3.01. The van der Waals surface area contributed by atoms with Gasteiger partial charge >= 0.3 is 0 Å². The van der Waals surface area contributed by atoms with Gasteiger partial charge in [-0.15, -0.1) is 0 Å². The molecule has 0 radical (unpaired) electrons. The predicted molar refractivity (Wildman–Crippen MR) is 63.0 cm³/mol. The molecule has 0 unspecified atom stereocenters. The van der Waals surface area contributed by atoms with Gasteiger partial charge in [-0.05, 0) is 35.8 Å².